The van der Waals surface area contributed by atoms with E-state index in [1.54, 1.807) is 0 Å². The van der Waals surface area contributed by atoms with E-state index in [0.29, 0.717) is 4.31 Å². The highest BCUT2D eigenvalue weighted by Gasteiger charge is 2.65. The molecule has 0 aliphatic carbocycles. The minimum atomic E-state index is -5.09. The first kappa shape index (κ1) is 17.7. The second-order valence-corrected chi connectivity index (χ2v) is 6.50. The number of hydrogen-bond donors (Lipinski definition) is 1. The Morgan fingerprint density at radius 2 is 1.95 bits per heavy atom. The molecule has 122 valence electrons. The third-order valence-corrected chi connectivity index (χ3v) is 4.88. The lowest BCUT2D eigenvalue weighted by Crippen LogP contribution is -2.48. The number of esters is 1. The molecule has 1 rings (SSSR count). The molecule has 1 aliphatic rings. The predicted octanol–water partition coefficient (Wildman–Crippen LogP) is 0.218. The molecule has 0 radical (unpaired) electrons. The van der Waals surface area contributed by atoms with Crippen molar-refractivity contribution in [3.05, 3.63) is 0 Å². The van der Waals surface area contributed by atoms with Gasteiger partial charge in [-0.15, -0.1) is 0 Å². The molecule has 0 aromatic heterocycles. The van der Waals surface area contributed by atoms with Crippen LogP contribution in [0.1, 0.15) is 13.3 Å². The Morgan fingerprint density at radius 1 is 1.38 bits per heavy atom. The molecule has 1 atom stereocenters. The van der Waals surface area contributed by atoms with Crippen molar-refractivity contribution in [3.8, 4) is 0 Å². The number of rotatable bonds is 5. The van der Waals surface area contributed by atoms with Crippen molar-refractivity contribution in [3.63, 3.8) is 0 Å². The van der Waals surface area contributed by atoms with E-state index in [2.05, 4.69) is 4.74 Å². The Balaban J connectivity index is 2.95. The molecule has 0 aromatic carbocycles. The summed E-state index contributed by atoms with van der Waals surface area (Å²) in [5.74, 6) is -4.35. The maximum absolute atomic E-state index is 12.9. The number of hydrogen-bond acceptors (Lipinski definition) is 5. The van der Waals surface area contributed by atoms with Gasteiger partial charge in [0.2, 0.25) is 10.0 Å². The highest BCUT2D eigenvalue weighted by atomic mass is 32.2. The number of halogens is 3. The first-order chi connectivity index (χ1) is 9.46. The quantitative estimate of drug-likeness (QED) is 0.722. The summed E-state index contributed by atoms with van der Waals surface area (Å²) in [5, 5.41) is 8.82. The topological polar surface area (TPSA) is 101 Å². The van der Waals surface area contributed by atoms with Crippen LogP contribution in [0.5, 0.6) is 0 Å². The van der Waals surface area contributed by atoms with E-state index in [9.17, 15) is 31.2 Å². The van der Waals surface area contributed by atoms with Crippen molar-refractivity contribution in [2.75, 3.05) is 25.4 Å². The minimum Gasteiger partial charge on any atom is -0.481 e. The van der Waals surface area contributed by atoms with Gasteiger partial charge in [0.15, 0.2) is 11.2 Å². The van der Waals surface area contributed by atoms with Gasteiger partial charge in [0, 0.05) is 13.1 Å². The lowest BCUT2D eigenvalue weighted by molar-refractivity contribution is -0.226. The van der Waals surface area contributed by atoms with Crippen molar-refractivity contribution >= 4 is 22.0 Å². The lowest BCUT2D eigenvalue weighted by Gasteiger charge is -2.27. The molecule has 1 fully saturated rings. The summed E-state index contributed by atoms with van der Waals surface area (Å²) < 4.78 is 67.2. The SMILES string of the molecule is CCOC(=O)CS(=O)(=O)N1CCC(C(=O)O)(C(F)(F)F)C1. The smallest absolute Gasteiger partial charge is 0.406 e. The summed E-state index contributed by atoms with van der Waals surface area (Å²) in [5.41, 5.74) is -3.14. The van der Waals surface area contributed by atoms with Crippen LogP contribution in [0.3, 0.4) is 0 Å². The maximum atomic E-state index is 12.9. The van der Waals surface area contributed by atoms with Crippen LogP contribution >= 0.6 is 0 Å². The van der Waals surface area contributed by atoms with E-state index in [1.165, 1.54) is 6.92 Å². The van der Waals surface area contributed by atoms with Crippen LogP contribution in [0.4, 0.5) is 13.2 Å². The zero-order valence-corrected chi connectivity index (χ0v) is 11.8. The number of carboxylic acids is 1. The highest BCUT2D eigenvalue weighted by Crippen LogP contribution is 2.46. The number of ether oxygens (including phenoxy) is 1. The second kappa shape index (κ2) is 5.79. The van der Waals surface area contributed by atoms with Crippen LogP contribution in [0, 0.1) is 5.41 Å². The molecular formula is C10H14F3NO6S. The number of carboxylic acid groups (broad SMARTS) is 1. The third kappa shape index (κ3) is 3.46. The molecular weight excluding hydrogens is 319 g/mol. The first-order valence-corrected chi connectivity index (χ1v) is 7.51. The average Bonchev–Trinajstić information content (AvgIpc) is 2.74. The molecule has 1 heterocycles. The molecule has 0 saturated carbocycles. The van der Waals surface area contributed by atoms with Gasteiger partial charge >= 0.3 is 18.1 Å². The van der Waals surface area contributed by atoms with Gasteiger partial charge in [-0.1, -0.05) is 0 Å². The molecule has 0 aromatic rings. The summed E-state index contributed by atoms with van der Waals surface area (Å²) in [7, 11) is -4.35. The van der Waals surface area contributed by atoms with Crippen molar-refractivity contribution in [1.29, 1.82) is 0 Å². The van der Waals surface area contributed by atoms with Gasteiger partial charge in [-0.2, -0.15) is 17.5 Å². The average molecular weight is 333 g/mol. The van der Waals surface area contributed by atoms with E-state index in [-0.39, 0.29) is 6.61 Å². The molecule has 1 N–H and O–H groups in total. The van der Waals surface area contributed by atoms with Crippen LogP contribution < -0.4 is 0 Å². The molecule has 0 spiro atoms. The van der Waals surface area contributed by atoms with E-state index >= 15 is 0 Å². The Kier molecular flexibility index (Phi) is 4.88. The Bertz CT molecular complexity index is 531. The number of carbonyl (C=O) groups excluding carboxylic acids is 1. The Labute approximate surface area is 118 Å². The zero-order chi connectivity index (χ0) is 16.5. The van der Waals surface area contributed by atoms with Gasteiger partial charge < -0.3 is 9.84 Å². The largest absolute Gasteiger partial charge is 0.481 e. The van der Waals surface area contributed by atoms with Crippen molar-refractivity contribution in [1.82, 2.24) is 4.31 Å². The summed E-state index contributed by atoms with van der Waals surface area (Å²) >= 11 is 0. The van der Waals surface area contributed by atoms with Crippen molar-refractivity contribution in [2.45, 2.75) is 19.5 Å². The normalized spacial score (nSPS) is 24.0. The minimum absolute atomic E-state index is 0.0734. The number of alkyl halides is 3. The summed E-state index contributed by atoms with van der Waals surface area (Å²) in [6, 6.07) is 0. The fourth-order valence-corrected chi connectivity index (χ4v) is 3.33. The molecule has 0 bridgehead atoms. The molecule has 1 aliphatic heterocycles. The predicted molar refractivity (Wildman–Crippen MR) is 62.7 cm³/mol. The summed E-state index contributed by atoms with van der Waals surface area (Å²) in [6.07, 6.45) is -5.99. The molecule has 1 unspecified atom stereocenters. The van der Waals surface area contributed by atoms with Gasteiger partial charge in [0.05, 0.1) is 6.61 Å². The monoisotopic (exact) mass is 333 g/mol. The fraction of sp³-hybridized carbons (Fsp3) is 0.800. The molecule has 21 heavy (non-hydrogen) atoms. The standard InChI is InChI=1S/C10H14F3NO6S/c1-2-20-7(15)5-21(18,19)14-4-3-9(6-14,8(16)17)10(11,12)13/h2-6H2,1H3,(H,16,17). The molecule has 11 heteroatoms. The second-order valence-electron chi connectivity index (χ2n) is 4.53. The fourth-order valence-electron chi connectivity index (χ4n) is 1.98. The number of nitrogens with zero attached hydrogens (tertiary/aromatic N) is 1. The Morgan fingerprint density at radius 3 is 2.33 bits per heavy atom. The van der Waals surface area contributed by atoms with Crippen molar-refractivity contribution < 1.29 is 41.0 Å². The summed E-state index contributed by atoms with van der Waals surface area (Å²) in [6.45, 7) is -0.490. The van der Waals surface area contributed by atoms with Gasteiger partial charge in [0.25, 0.3) is 0 Å². The van der Waals surface area contributed by atoms with E-state index in [4.69, 9.17) is 5.11 Å². The number of carbonyl (C=O) groups is 2. The van der Waals surface area contributed by atoms with Gasteiger partial charge in [-0.05, 0) is 13.3 Å². The van der Waals surface area contributed by atoms with Gasteiger partial charge in [-0.3, -0.25) is 9.59 Å². The summed E-state index contributed by atoms with van der Waals surface area (Å²) in [4.78, 5) is 22.1. The van der Waals surface area contributed by atoms with E-state index in [0.717, 1.165) is 0 Å². The maximum Gasteiger partial charge on any atom is 0.406 e. The Hall–Kier alpha value is -1.36. The van der Waals surface area contributed by atoms with Crippen LogP contribution in [-0.2, 0) is 24.3 Å². The molecule has 0 amide bonds. The van der Waals surface area contributed by atoms with Gasteiger partial charge in [-0.25, -0.2) is 8.42 Å². The van der Waals surface area contributed by atoms with E-state index < -0.39 is 58.8 Å². The van der Waals surface area contributed by atoms with Crippen molar-refractivity contribution in [2.24, 2.45) is 5.41 Å². The lowest BCUT2D eigenvalue weighted by atomic mass is 9.86. The highest BCUT2D eigenvalue weighted by molar-refractivity contribution is 7.89. The van der Waals surface area contributed by atoms with Crippen LogP contribution in [0.2, 0.25) is 0 Å². The van der Waals surface area contributed by atoms with Crippen LogP contribution in [0.25, 0.3) is 0 Å². The van der Waals surface area contributed by atoms with Crippen LogP contribution in [-0.4, -0.2) is 61.4 Å². The zero-order valence-electron chi connectivity index (χ0n) is 11.0. The molecule has 7 nitrogen and oxygen atoms in total. The molecule has 1 saturated heterocycles. The number of sulfonamides is 1. The van der Waals surface area contributed by atoms with Crippen LogP contribution in [0.15, 0.2) is 0 Å². The number of aliphatic carboxylic acids is 1. The van der Waals surface area contributed by atoms with E-state index in [1.807, 2.05) is 0 Å². The van der Waals surface area contributed by atoms with Gasteiger partial charge in [0.1, 0.15) is 0 Å². The first-order valence-electron chi connectivity index (χ1n) is 5.90. The third-order valence-electron chi connectivity index (χ3n) is 3.19.